The molecule has 7 nitrogen and oxygen atoms in total. The molecule has 4 rings (SSSR count). The number of rotatable bonds is 6. The molecule has 1 saturated carbocycles. The predicted octanol–water partition coefficient (Wildman–Crippen LogP) is 6.04. The second-order valence-electron chi connectivity index (χ2n) is 10.3. The van der Waals surface area contributed by atoms with Gasteiger partial charge in [0.1, 0.15) is 23.3 Å². The number of esters is 1. The summed E-state index contributed by atoms with van der Waals surface area (Å²) in [6.45, 7) is 9.21. The Kier molecular flexibility index (Phi) is 7.05. The van der Waals surface area contributed by atoms with Gasteiger partial charge in [0.05, 0.1) is 11.0 Å². The lowest BCUT2D eigenvalue weighted by molar-refractivity contribution is -0.156. The Morgan fingerprint density at radius 3 is 2.46 bits per heavy atom. The lowest BCUT2D eigenvalue weighted by Crippen LogP contribution is -2.29. The number of fused-ring (bicyclic) bond motifs is 1. The molecule has 0 radical (unpaired) electrons. The number of imidazole rings is 1. The Bertz CT molecular complexity index is 1210. The number of ether oxygens (including phenoxy) is 2. The van der Waals surface area contributed by atoms with E-state index in [1.807, 2.05) is 39.8 Å². The summed E-state index contributed by atoms with van der Waals surface area (Å²) >= 11 is 0. The zero-order chi connectivity index (χ0) is 25.3. The van der Waals surface area contributed by atoms with Crippen LogP contribution in [-0.2, 0) is 9.53 Å². The molecule has 0 atom stereocenters. The maximum absolute atomic E-state index is 13.9. The summed E-state index contributed by atoms with van der Waals surface area (Å²) in [6.07, 6.45) is 0.835. The zero-order valence-corrected chi connectivity index (χ0v) is 20.8. The number of aromatic nitrogens is 4. The smallest absolute Gasteiger partial charge is 0.306 e. The molecule has 0 amide bonds. The van der Waals surface area contributed by atoms with Gasteiger partial charge in [0.15, 0.2) is 5.82 Å². The molecule has 9 heteroatoms. The van der Waals surface area contributed by atoms with Crippen LogP contribution in [0.2, 0.25) is 0 Å². The van der Waals surface area contributed by atoms with E-state index in [1.54, 1.807) is 19.1 Å². The molecule has 35 heavy (non-hydrogen) atoms. The van der Waals surface area contributed by atoms with E-state index in [9.17, 15) is 13.6 Å². The third kappa shape index (κ3) is 6.13. The van der Waals surface area contributed by atoms with E-state index in [0.29, 0.717) is 35.0 Å². The first-order valence-electron chi connectivity index (χ1n) is 12.0. The van der Waals surface area contributed by atoms with Crippen molar-refractivity contribution in [1.82, 2.24) is 19.5 Å². The number of halogens is 2. The Hall–Kier alpha value is -3.10. The van der Waals surface area contributed by atoms with Crippen LogP contribution >= 0.6 is 0 Å². The molecule has 0 spiro atoms. The van der Waals surface area contributed by atoms with Gasteiger partial charge >= 0.3 is 5.97 Å². The summed E-state index contributed by atoms with van der Waals surface area (Å²) in [6, 6.07) is 6.98. The van der Waals surface area contributed by atoms with Gasteiger partial charge in [-0.3, -0.25) is 9.36 Å². The van der Waals surface area contributed by atoms with Crippen LogP contribution in [0.1, 0.15) is 76.5 Å². The largest absolute Gasteiger partial charge is 0.474 e. The van der Waals surface area contributed by atoms with Gasteiger partial charge in [0, 0.05) is 12.5 Å². The Labute approximate surface area is 203 Å². The molecule has 1 aromatic carbocycles. The molecule has 2 heterocycles. The van der Waals surface area contributed by atoms with E-state index in [1.165, 1.54) is 4.57 Å². The fourth-order valence-electron chi connectivity index (χ4n) is 4.53. The first kappa shape index (κ1) is 25.0. The summed E-state index contributed by atoms with van der Waals surface area (Å²) in [5.41, 5.74) is 1.49. The summed E-state index contributed by atoms with van der Waals surface area (Å²) in [5.74, 6) is 0.799. The lowest BCUT2D eigenvalue weighted by atomic mass is 9.85. The van der Waals surface area contributed by atoms with Crippen LogP contribution in [0.4, 0.5) is 8.78 Å². The van der Waals surface area contributed by atoms with E-state index in [-0.39, 0.29) is 23.8 Å². The normalized spacial score (nSPS) is 18.7. The van der Waals surface area contributed by atoms with Gasteiger partial charge in [0.2, 0.25) is 5.88 Å². The summed E-state index contributed by atoms with van der Waals surface area (Å²) in [5, 5.41) is 0. The second-order valence-corrected chi connectivity index (χ2v) is 10.3. The van der Waals surface area contributed by atoms with E-state index < -0.39 is 12.0 Å². The van der Waals surface area contributed by atoms with Crippen molar-refractivity contribution in [2.24, 2.45) is 5.92 Å². The Morgan fingerprint density at radius 1 is 1.09 bits per heavy atom. The number of benzene rings is 1. The van der Waals surface area contributed by atoms with Crippen LogP contribution in [0.25, 0.3) is 16.9 Å². The topological polar surface area (TPSA) is 79.1 Å². The van der Waals surface area contributed by atoms with Gasteiger partial charge < -0.3 is 9.47 Å². The molecule has 2 aromatic heterocycles. The second kappa shape index (κ2) is 9.87. The third-order valence-corrected chi connectivity index (χ3v) is 6.02. The van der Waals surface area contributed by atoms with Crippen molar-refractivity contribution < 1.29 is 23.0 Å². The highest BCUT2D eigenvalue weighted by Crippen LogP contribution is 2.32. The van der Waals surface area contributed by atoms with Crippen LogP contribution in [-0.4, -0.2) is 37.2 Å². The van der Waals surface area contributed by atoms with Crippen molar-refractivity contribution >= 4 is 17.0 Å². The van der Waals surface area contributed by atoms with Gasteiger partial charge in [-0.2, -0.15) is 4.98 Å². The number of nitrogens with zero attached hydrogens (tertiary/aromatic N) is 4. The molecular weight excluding hydrogens is 454 g/mol. The third-order valence-electron chi connectivity index (χ3n) is 6.02. The molecular formula is C26H32F2N4O3. The summed E-state index contributed by atoms with van der Waals surface area (Å²) < 4.78 is 40.7. The quantitative estimate of drug-likeness (QED) is 0.395. The molecule has 0 unspecified atom stereocenters. The van der Waals surface area contributed by atoms with Crippen molar-refractivity contribution in [2.45, 2.75) is 84.9 Å². The summed E-state index contributed by atoms with van der Waals surface area (Å²) in [4.78, 5) is 25.1. The highest BCUT2D eigenvalue weighted by atomic mass is 19.3. The van der Waals surface area contributed by atoms with Crippen LogP contribution < -0.4 is 4.74 Å². The van der Waals surface area contributed by atoms with Crippen molar-refractivity contribution in [1.29, 1.82) is 0 Å². The average Bonchev–Trinajstić information content (AvgIpc) is 3.12. The molecule has 1 aliphatic carbocycles. The van der Waals surface area contributed by atoms with E-state index in [4.69, 9.17) is 9.47 Å². The molecule has 0 N–H and O–H groups in total. The average molecular weight is 487 g/mol. The predicted molar refractivity (Wildman–Crippen MR) is 128 cm³/mol. The number of alkyl halides is 2. The highest BCUT2D eigenvalue weighted by Gasteiger charge is 2.27. The van der Waals surface area contributed by atoms with Crippen molar-refractivity contribution in [3.8, 4) is 11.7 Å². The van der Waals surface area contributed by atoms with Gasteiger partial charge in [-0.1, -0.05) is 6.07 Å². The number of hydrogen-bond acceptors (Lipinski definition) is 6. The standard InChI is InChI=1S/C26H32F2N4O3/c1-15-6-11-19-20(12-15)32(25(31-19)24(27)28)21-14-22(30-16(2)29-21)34-18-9-7-17(8-10-18)13-23(33)35-26(3,4)5/h6,11-12,14,17-18,24H,7-10,13H2,1-5H3. The highest BCUT2D eigenvalue weighted by molar-refractivity contribution is 5.79. The van der Waals surface area contributed by atoms with Gasteiger partial charge in [-0.05, 0) is 83.9 Å². The minimum atomic E-state index is -2.76. The number of aryl methyl sites for hydroxylation is 2. The van der Waals surface area contributed by atoms with E-state index in [0.717, 1.165) is 31.2 Å². The van der Waals surface area contributed by atoms with E-state index in [2.05, 4.69) is 15.0 Å². The first-order chi connectivity index (χ1) is 16.5. The molecule has 1 aliphatic rings. The van der Waals surface area contributed by atoms with Crippen LogP contribution in [0.15, 0.2) is 24.3 Å². The van der Waals surface area contributed by atoms with Crippen molar-refractivity contribution in [2.75, 3.05) is 0 Å². The maximum atomic E-state index is 13.9. The van der Waals surface area contributed by atoms with E-state index >= 15 is 0 Å². The molecule has 0 saturated heterocycles. The fourth-order valence-corrected chi connectivity index (χ4v) is 4.53. The fraction of sp³-hybridized carbons (Fsp3) is 0.538. The SMILES string of the molecule is Cc1ccc2nc(C(F)F)n(-c3cc(OC4CCC(CC(=O)OC(C)(C)C)CC4)nc(C)n3)c2c1. The number of carbonyl (C=O) groups is 1. The molecule has 0 bridgehead atoms. The van der Waals surface area contributed by atoms with Crippen LogP contribution in [0.5, 0.6) is 5.88 Å². The Balaban J connectivity index is 1.50. The number of hydrogen-bond donors (Lipinski definition) is 0. The molecule has 3 aromatic rings. The minimum absolute atomic E-state index is 0.0663. The Morgan fingerprint density at radius 2 is 1.80 bits per heavy atom. The number of carbonyl (C=O) groups excluding carboxylic acids is 1. The van der Waals surface area contributed by atoms with Gasteiger partial charge in [0.25, 0.3) is 6.43 Å². The lowest BCUT2D eigenvalue weighted by Gasteiger charge is -2.29. The maximum Gasteiger partial charge on any atom is 0.306 e. The van der Waals surface area contributed by atoms with Crippen molar-refractivity contribution in [3.63, 3.8) is 0 Å². The van der Waals surface area contributed by atoms with Crippen LogP contribution in [0.3, 0.4) is 0 Å². The molecule has 0 aliphatic heterocycles. The monoisotopic (exact) mass is 486 g/mol. The summed E-state index contributed by atoms with van der Waals surface area (Å²) in [7, 11) is 0. The van der Waals surface area contributed by atoms with Gasteiger partial charge in [-0.25, -0.2) is 18.7 Å². The van der Waals surface area contributed by atoms with Crippen LogP contribution in [0, 0.1) is 19.8 Å². The first-order valence-corrected chi connectivity index (χ1v) is 12.0. The van der Waals surface area contributed by atoms with Gasteiger partial charge in [-0.15, -0.1) is 0 Å². The molecule has 188 valence electrons. The zero-order valence-electron chi connectivity index (χ0n) is 20.8. The molecule has 1 fully saturated rings. The minimum Gasteiger partial charge on any atom is -0.474 e. The van der Waals surface area contributed by atoms with Crippen molar-refractivity contribution in [3.05, 3.63) is 41.5 Å².